The summed E-state index contributed by atoms with van der Waals surface area (Å²) in [7, 11) is -0.685. The number of amides is 2. The molecule has 13 heteroatoms. The fourth-order valence-electron chi connectivity index (χ4n) is 9.09. The van der Waals surface area contributed by atoms with Gasteiger partial charge in [0.2, 0.25) is 0 Å². The van der Waals surface area contributed by atoms with E-state index >= 15 is 0 Å². The van der Waals surface area contributed by atoms with E-state index in [1.165, 1.54) is 17.2 Å². The van der Waals surface area contributed by atoms with Crippen LogP contribution < -0.4 is 14.4 Å². The van der Waals surface area contributed by atoms with Crippen LogP contribution in [0.4, 0.5) is 10.5 Å². The Labute approximate surface area is 305 Å². The van der Waals surface area contributed by atoms with Gasteiger partial charge in [-0.15, -0.1) is 0 Å². The molecule has 3 fully saturated rings. The second kappa shape index (κ2) is 13.3. The number of carbonyl (C=O) groups excluding carboxylic acids is 2. The fraction of sp³-hybridized carbons (Fsp3) is 0.579. The number of nitrogens with one attached hydrogen (secondary N) is 1. The average Bonchev–Trinajstić information content (AvgIpc) is 3.18. The fourth-order valence-corrected chi connectivity index (χ4v) is 10.4. The third-order valence-electron chi connectivity index (χ3n) is 12.6. The summed E-state index contributed by atoms with van der Waals surface area (Å²) in [5.41, 5.74) is 1.84. The molecule has 2 aromatic rings. The van der Waals surface area contributed by atoms with Crippen LogP contribution in [0, 0.1) is 11.8 Å². The number of benzene rings is 2. The Hall–Kier alpha value is -3.32. The molecule has 0 unspecified atom stereocenters. The van der Waals surface area contributed by atoms with Crippen LogP contribution in [0.1, 0.15) is 56.1 Å². The minimum absolute atomic E-state index is 0.0207. The van der Waals surface area contributed by atoms with E-state index in [4.69, 9.17) is 25.8 Å². The van der Waals surface area contributed by atoms with Gasteiger partial charge in [-0.25, -0.2) is 17.9 Å². The highest BCUT2D eigenvalue weighted by atomic mass is 35.5. The number of fused-ring (bicyclic) bond motifs is 4. The summed E-state index contributed by atoms with van der Waals surface area (Å²) in [5, 5.41) is 0.710. The number of carbonyl (C=O) groups is 2. The van der Waals surface area contributed by atoms with Crippen LogP contribution in [0.2, 0.25) is 5.02 Å². The van der Waals surface area contributed by atoms with Crippen LogP contribution in [0.25, 0.3) is 0 Å². The Bertz CT molecular complexity index is 1840. The number of anilines is 1. The van der Waals surface area contributed by atoms with Gasteiger partial charge < -0.3 is 24.0 Å². The predicted octanol–water partition coefficient (Wildman–Crippen LogP) is 4.90. The lowest BCUT2D eigenvalue weighted by Crippen LogP contribution is -2.62. The third-order valence-corrected chi connectivity index (χ3v) is 14.2. The number of rotatable bonds is 2. The van der Waals surface area contributed by atoms with Crippen molar-refractivity contribution in [3.63, 3.8) is 0 Å². The zero-order valence-corrected chi connectivity index (χ0v) is 30.9. The van der Waals surface area contributed by atoms with Crippen LogP contribution in [0.3, 0.4) is 0 Å². The lowest BCUT2D eigenvalue weighted by atomic mass is 9.68. The minimum Gasteiger partial charge on any atom is -0.490 e. The summed E-state index contributed by atoms with van der Waals surface area (Å²) in [4.78, 5) is 33.1. The smallest absolute Gasteiger partial charge is 0.410 e. The van der Waals surface area contributed by atoms with Crippen LogP contribution in [-0.2, 0) is 36.1 Å². The Kier molecular flexibility index (Phi) is 9.04. The normalized spacial score (nSPS) is 30.7. The largest absolute Gasteiger partial charge is 0.490 e. The van der Waals surface area contributed by atoms with E-state index < -0.39 is 27.6 Å². The summed E-state index contributed by atoms with van der Waals surface area (Å²) < 4.78 is 48.5. The van der Waals surface area contributed by atoms with E-state index in [0.29, 0.717) is 68.6 Å². The molecule has 11 nitrogen and oxygen atoms in total. The summed E-state index contributed by atoms with van der Waals surface area (Å²) in [5.74, 6) is 0.328. The number of sulfonamides is 1. The summed E-state index contributed by atoms with van der Waals surface area (Å²) in [6.45, 7) is 3.10. The van der Waals surface area contributed by atoms with Gasteiger partial charge in [-0.3, -0.25) is 9.69 Å². The molecular formula is C38H47ClN4O7S. The molecule has 6 aliphatic rings. The van der Waals surface area contributed by atoms with Crippen molar-refractivity contribution in [2.24, 2.45) is 11.8 Å². The third kappa shape index (κ3) is 6.19. The van der Waals surface area contributed by atoms with Crippen LogP contribution in [-0.4, -0.2) is 101 Å². The van der Waals surface area contributed by atoms with E-state index in [2.05, 4.69) is 21.8 Å². The standard InChI is InChI=1S/C38H47ClN4O7S/c1-41-17-4-7-33(50-36(45)42-21-28(22-42)48-2)30-11-8-26(30)20-43-23-37(14-3-6-25-18-27(39)9-12-31(25)37)24-49-34-13-10-29(19-32(34)43)51(46,47)40-35(44)38(41)15-5-16-38/h4,7,9-10,12-13,18-19,26,28,30,33H,3,5-6,8,11,14-17,20-24H2,1-2H3,(H,40,44)/b7-4+/t26-,30+,33-,37-/m0/s1. The lowest BCUT2D eigenvalue weighted by molar-refractivity contribution is -0.136. The van der Waals surface area contributed by atoms with Crippen molar-refractivity contribution in [3.8, 4) is 5.75 Å². The van der Waals surface area contributed by atoms with Crippen molar-refractivity contribution < 1.29 is 32.2 Å². The van der Waals surface area contributed by atoms with E-state index in [9.17, 15) is 18.0 Å². The second-order valence-corrected chi connectivity index (χ2v) is 17.6. The van der Waals surface area contributed by atoms with Gasteiger partial charge in [0.15, 0.2) is 0 Å². The molecular weight excluding hydrogens is 692 g/mol. The van der Waals surface area contributed by atoms with E-state index in [0.717, 1.165) is 38.5 Å². The Balaban J connectivity index is 1.18. The van der Waals surface area contributed by atoms with E-state index in [-0.39, 0.29) is 34.3 Å². The maximum absolute atomic E-state index is 13.9. The molecule has 2 spiro atoms. The van der Waals surface area contributed by atoms with Gasteiger partial charge in [0.05, 0.1) is 36.4 Å². The maximum atomic E-state index is 13.9. The molecule has 2 amide bonds. The molecule has 3 aliphatic carbocycles. The monoisotopic (exact) mass is 738 g/mol. The number of likely N-dealkylation sites (N-methyl/N-ethyl adjacent to an activating group) is 1. The van der Waals surface area contributed by atoms with Crippen molar-refractivity contribution >= 4 is 39.3 Å². The Morgan fingerprint density at radius 1 is 1.06 bits per heavy atom. The zero-order chi connectivity index (χ0) is 35.5. The van der Waals surface area contributed by atoms with Crippen LogP contribution in [0.15, 0.2) is 53.4 Å². The SMILES string of the molecule is COC1CN(C(=O)O[C@H]2/C=C/CN(C)C3(CCC3)C(=O)NS(=O)(=O)c3ccc4c(c3)N(C[C@@H]3CC[C@H]32)C[C@@]2(CCCc3cc(Cl)ccc32)CO4)C1. The van der Waals surface area contributed by atoms with Gasteiger partial charge in [0.25, 0.3) is 15.9 Å². The molecule has 3 aliphatic heterocycles. The molecule has 2 bridgehead atoms. The molecule has 8 rings (SSSR count). The van der Waals surface area contributed by atoms with Crippen molar-refractivity contribution in [2.75, 3.05) is 58.4 Å². The van der Waals surface area contributed by atoms with Crippen molar-refractivity contribution in [1.29, 1.82) is 0 Å². The first-order valence-electron chi connectivity index (χ1n) is 18.2. The molecule has 4 atom stereocenters. The number of methoxy groups -OCH3 is 1. The molecule has 1 saturated heterocycles. The molecule has 3 heterocycles. The predicted molar refractivity (Wildman–Crippen MR) is 193 cm³/mol. The number of hydrogen-bond donors (Lipinski definition) is 1. The summed E-state index contributed by atoms with van der Waals surface area (Å²) in [6.07, 6.45) is 9.78. The van der Waals surface area contributed by atoms with E-state index in [1.54, 1.807) is 24.1 Å². The molecule has 1 N–H and O–H groups in total. The molecule has 274 valence electrons. The molecule has 0 aromatic heterocycles. The highest BCUT2D eigenvalue weighted by Crippen LogP contribution is 2.47. The molecule has 2 saturated carbocycles. The summed E-state index contributed by atoms with van der Waals surface area (Å²) in [6, 6.07) is 11.1. The van der Waals surface area contributed by atoms with Gasteiger partial charge in [-0.05, 0) is 112 Å². The van der Waals surface area contributed by atoms with Gasteiger partial charge in [0.1, 0.15) is 17.4 Å². The molecule has 51 heavy (non-hydrogen) atoms. The minimum atomic E-state index is -4.19. The van der Waals surface area contributed by atoms with Gasteiger partial charge in [-0.1, -0.05) is 23.7 Å². The van der Waals surface area contributed by atoms with Crippen LogP contribution in [0.5, 0.6) is 5.75 Å². The molecule has 2 aromatic carbocycles. The van der Waals surface area contributed by atoms with Crippen molar-refractivity contribution in [1.82, 2.24) is 14.5 Å². The molecule has 0 radical (unpaired) electrons. The lowest BCUT2D eigenvalue weighted by Gasteiger charge is -2.47. The van der Waals surface area contributed by atoms with Crippen LogP contribution >= 0.6 is 11.6 Å². The van der Waals surface area contributed by atoms with Gasteiger partial charge >= 0.3 is 6.09 Å². The average molecular weight is 739 g/mol. The Morgan fingerprint density at radius 3 is 2.61 bits per heavy atom. The number of nitrogens with zero attached hydrogens (tertiary/aromatic N) is 3. The zero-order valence-electron chi connectivity index (χ0n) is 29.3. The van der Waals surface area contributed by atoms with Crippen molar-refractivity contribution in [3.05, 3.63) is 64.7 Å². The first-order chi connectivity index (χ1) is 24.5. The highest BCUT2D eigenvalue weighted by Gasteiger charge is 2.49. The van der Waals surface area contributed by atoms with Gasteiger partial charge in [0, 0.05) is 43.1 Å². The number of halogens is 1. The quantitative estimate of drug-likeness (QED) is 0.430. The topological polar surface area (TPSA) is 118 Å². The summed E-state index contributed by atoms with van der Waals surface area (Å²) >= 11 is 6.46. The number of aryl methyl sites for hydroxylation is 1. The first kappa shape index (κ1) is 34.7. The maximum Gasteiger partial charge on any atom is 0.410 e. The Morgan fingerprint density at radius 2 is 1.88 bits per heavy atom. The highest BCUT2D eigenvalue weighted by molar-refractivity contribution is 7.90. The number of ether oxygens (including phenoxy) is 3. The van der Waals surface area contributed by atoms with Crippen molar-refractivity contribution in [2.45, 2.75) is 79.4 Å². The van der Waals surface area contributed by atoms with E-state index in [1.807, 2.05) is 30.2 Å². The first-order valence-corrected chi connectivity index (χ1v) is 20.1. The van der Waals surface area contributed by atoms with Gasteiger partial charge in [-0.2, -0.15) is 0 Å². The number of hydrogen-bond acceptors (Lipinski definition) is 9. The second-order valence-electron chi connectivity index (χ2n) is 15.5. The number of likely N-dealkylation sites (tertiary alicyclic amines) is 1.